The topological polar surface area (TPSA) is 78.4 Å². The van der Waals surface area contributed by atoms with Crippen molar-refractivity contribution < 1.29 is 9.32 Å². The number of rotatable bonds is 5. The predicted molar refractivity (Wildman–Crippen MR) is 137 cm³/mol. The van der Waals surface area contributed by atoms with E-state index in [4.69, 9.17) is 21.6 Å². The van der Waals surface area contributed by atoms with Crippen molar-refractivity contribution in [3.05, 3.63) is 46.6 Å². The molecule has 180 valence electrons. The Balaban J connectivity index is 1.29. The summed E-state index contributed by atoms with van der Waals surface area (Å²) in [5.41, 5.74) is 3.25. The molecule has 8 heteroatoms. The van der Waals surface area contributed by atoms with Crippen LogP contribution in [0.25, 0.3) is 5.57 Å². The zero-order chi connectivity index (χ0) is 23.3. The van der Waals surface area contributed by atoms with Crippen molar-refractivity contribution in [3.8, 4) is 0 Å². The summed E-state index contributed by atoms with van der Waals surface area (Å²) in [5, 5.41) is 14.3. The number of allylic oxidation sites excluding steroid dienone is 1. The largest absolute Gasteiger partial charge is 0.394 e. The highest BCUT2D eigenvalue weighted by Gasteiger charge is 2.40. The Morgan fingerprint density at radius 2 is 1.97 bits per heavy atom. The van der Waals surface area contributed by atoms with Crippen LogP contribution in [0.2, 0.25) is 5.02 Å². The number of nitrogens with one attached hydrogen (secondary N) is 1. The van der Waals surface area contributed by atoms with Gasteiger partial charge in [-0.25, -0.2) is 4.98 Å². The molecule has 0 radical (unpaired) electrons. The lowest BCUT2D eigenvalue weighted by molar-refractivity contribution is 0.143. The fraction of sp³-hybridized carbons (Fsp3) is 0.538. The van der Waals surface area contributed by atoms with Gasteiger partial charge in [-0.3, -0.25) is 4.21 Å². The molecule has 6 nitrogen and oxygen atoms in total. The van der Waals surface area contributed by atoms with Crippen molar-refractivity contribution in [2.24, 2.45) is 11.8 Å². The van der Waals surface area contributed by atoms with Crippen LogP contribution in [0.4, 0.5) is 11.8 Å². The normalized spacial score (nSPS) is 27.4. The first-order valence-corrected chi connectivity index (χ1v) is 14.1. The first-order chi connectivity index (χ1) is 16.5. The lowest BCUT2D eigenvalue weighted by Gasteiger charge is -2.42. The predicted octanol–water partition coefficient (Wildman–Crippen LogP) is 4.44. The maximum atomic E-state index is 13.1. The van der Waals surface area contributed by atoms with Crippen LogP contribution in [-0.4, -0.2) is 50.3 Å². The molecule has 0 bridgehead atoms. The number of aliphatic hydroxyl groups excluding tert-OH is 1. The number of nitrogens with zero attached hydrogens (tertiary/aromatic N) is 3. The molecule has 1 saturated carbocycles. The molecule has 2 aliphatic heterocycles. The quantitative estimate of drug-likeness (QED) is 0.634. The molecular formula is C26H31ClN4O2S. The molecule has 1 aromatic heterocycles. The number of halogens is 1. The molecule has 2 aliphatic carbocycles. The van der Waals surface area contributed by atoms with Crippen LogP contribution in [0.5, 0.6) is 0 Å². The number of benzene rings is 1. The van der Waals surface area contributed by atoms with Crippen LogP contribution in [0.3, 0.4) is 0 Å². The molecule has 0 spiro atoms. The first-order valence-electron chi connectivity index (χ1n) is 12.4. The van der Waals surface area contributed by atoms with E-state index in [0.29, 0.717) is 23.4 Å². The van der Waals surface area contributed by atoms with Gasteiger partial charge in [0.2, 0.25) is 5.95 Å². The first kappa shape index (κ1) is 22.5. The van der Waals surface area contributed by atoms with E-state index in [9.17, 15) is 9.32 Å². The third-order valence-corrected chi connectivity index (χ3v) is 9.82. The van der Waals surface area contributed by atoms with E-state index in [2.05, 4.69) is 28.4 Å². The standard InChI is InChI=1S/C26H31ClN4O2S/c27-21-7-5-17(6-8-21)18-12-19-14-31(15-20(19)13-18)25-28-22-4-1-2-11-34(33)23(22)24(29-25)30-26(16-32)9-3-10-26/h5-8,12,19-20,32H,1-4,9-11,13-16H2,(H,28,29,30)/t19?,20?,34-/m0/s1. The Bertz CT molecular complexity index is 1140. The van der Waals surface area contributed by atoms with Crippen molar-refractivity contribution in [2.45, 2.75) is 55.4 Å². The molecule has 4 aliphatic rings. The van der Waals surface area contributed by atoms with Gasteiger partial charge >= 0.3 is 0 Å². The summed E-state index contributed by atoms with van der Waals surface area (Å²) in [4.78, 5) is 13.0. The minimum atomic E-state index is -1.11. The third kappa shape index (κ3) is 4.06. The summed E-state index contributed by atoms with van der Waals surface area (Å²) < 4.78 is 13.1. The Kier molecular flexibility index (Phi) is 5.90. The molecule has 6 rings (SSSR count). The highest BCUT2D eigenvalue weighted by Crippen LogP contribution is 2.43. The number of anilines is 2. The van der Waals surface area contributed by atoms with Gasteiger partial charge in [-0.1, -0.05) is 29.8 Å². The second-order valence-electron chi connectivity index (χ2n) is 10.3. The van der Waals surface area contributed by atoms with Crippen molar-refractivity contribution in [1.82, 2.24) is 9.97 Å². The van der Waals surface area contributed by atoms with Gasteiger partial charge in [0.25, 0.3) is 0 Å². The van der Waals surface area contributed by atoms with E-state index in [-0.39, 0.29) is 12.1 Å². The van der Waals surface area contributed by atoms with Crippen LogP contribution in [0.15, 0.2) is 35.2 Å². The van der Waals surface area contributed by atoms with E-state index in [1.54, 1.807) is 0 Å². The molecule has 0 amide bonds. The Hall–Kier alpha value is -1.96. The second kappa shape index (κ2) is 8.92. The summed E-state index contributed by atoms with van der Waals surface area (Å²) in [6.07, 6.45) is 9.16. The van der Waals surface area contributed by atoms with Gasteiger partial charge in [0.1, 0.15) is 10.7 Å². The molecule has 2 fully saturated rings. The number of aryl methyl sites for hydroxylation is 1. The van der Waals surface area contributed by atoms with Crippen LogP contribution in [0.1, 0.15) is 49.8 Å². The zero-order valence-electron chi connectivity index (χ0n) is 19.3. The highest BCUT2D eigenvalue weighted by atomic mass is 35.5. The number of hydrogen-bond donors (Lipinski definition) is 2. The average molecular weight is 499 g/mol. The summed E-state index contributed by atoms with van der Waals surface area (Å²) in [5.74, 6) is 3.11. The van der Waals surface area contributed by atoms with E-state index < -0.39 is 10.8 Å². The Morgan fingerprint density at radius 3 is 2.68 bits per heavy atom. The number of fused-ring (bicyclic) bond motifs is 2. The van der Waals surface area contributed by atoms with E-state index in [0.717, 1.165) is 79.6 Å². The molecule has 1 aromatic carbocycles. The molecule has 3 atom stereocenters. The Labute approximate surface area is 208 Å². The molecule has 2 aromatic rings. The summed E-state index contributed by atoms with van der Waals surface area (Å²) >= 11 is 6.07. The molecule has 3 heterocycles. The average Bonchev–Trinajstić information content (AvgIpc) is 3.33. The molecule has 34 heavy (non-hydrogen) atoms. The van der Waals surface area contributed by atoms with Crippen LogP contribution in [-0.2, 0) is 17.2 Å². The van der Waals surface area contributed by atoms with E-state index in [1.165, 1.54) is 11.1 Å². The van der Waals surface area contributed by atoms with E-state index in [1.807, 2.05) is 12.1 Å². The van der Waals surface area contributed by atoms with Gasteiger partial charge in [-0.15, -0.1) is 0 Å². The number of hydrogen-bond acceptors (Lipinski definition) is 6. The second-order valence-corrected chi connectivity index (χ2v) is 12.2. The van der Waals surface area contributed by atoms with Crippen LogP contribution in [0, 0.1) is 11.8 Å². The van der Waals surface area contributed by atoms with Crippen molar-refractivity contribution in [2.75, 3.05) is 35.7 Å². The fourth-order valence-electron chi connectivity index (χ4n) is 5.88. The zero-order valence-corrected chi connectivity index (χ0v) is 20.9. The fourth-order valence-corrected chi connectivity index (χ4v) is 7.39. The summed E-state index contributed by atoms with van der Waals surface area (Å²) in [6, 6.07) is 8.14. The van der Waals surface area contributed by atoms with Gasteiger partial charge in [-0.05, 0) is 80.1 Å². The van der Waals surface area contributed by atoms with Gasteiger partial charge in [0.05, 0.1) is 28.6 Å². The summed E-state index contributed by atoms with van der Waals surface area (Å²) in [6.45, 7) is 1.89. The molecule has 2 N–H and O–H groups in total. The third-order valence-electron chi connectivity index (χ3n) is 8.03. The van der Waals surface area contributed by atoms with Gasteiger partial charge in [0, 0.05) is 23.9 Å². The monoisotopic (exact) mass is 498 g/mol. The van der Waals surface area contributed by atoms with Crippen LogP contribution < -0.4 is 10.2 Å². The molecule has 1 saturated heterocycles. The lowest BCUT2D eigenvalue weighted by Crippen LogP contribution is -2.49. The minimum absolute atomic E-state index is 0.0693. The van der Waals surface area contributed by atoms with Gasteiger partial charge < -0.3 is 15.3 Å². The number of aliphatic hydroxyl groups is 1. The van der Waals surface area contributed by atoms with E-state index >= 15 is 0 Å². The lowest BCUT2D eigenvalue weighted by atomic mass is 9.77. The van der Waals surface area contributed by atoms with Gasteiger partial charge in [-0.2, -0.15) is 4.98 Å². The highest BCUT2D eigenvalue weighted by molar-refractivity contribution is 7.85. The van der Waals surface area contributed by atoms with Crippen molar-refractivity contribution in [3.63, 3.8) is 0 Å². The molecular weight excluding hydrogens is 468 g/mol. The van der Waals surface area contributed by atoms with Crippen molar-refractivity contribution >= 4 is 39.7 Å². The SMILES string of the molecule is O=[S@]1CCCCc2nc(N3CC4C=C(c5ccc(Cl)cc5)CC4C3)nc(NC3(CO)CCC3)c21. The molecule has 2 unspecified atom stereocenters. The minimum Gasteiger partial charge on any atom is -0.394 e. The van der Waals surface area contributed by atoms with Crippen LogP contribution >= 0.6 is 11.6 Å². The maximum absolute atomic E-state index is 13.1. The smallest absolute Gasteiger partial charge is 0.227 e. The van der Waals surface area contributed by atoms with Crippen molar-refractivity contribution in [1.29, 1.82) is 0 Å². The van der Waals surface area contributed by atoms with Gasteiger partial charge in [0.15, 0.2) is 0 Å². The summed E-state index contributed by atoms with van der Waals surface area (Å²) in [7, 11) is -1.11. The maximum Gasteiger partial charge on any atom is 0.227 e. The Morgan fingerprint density at radius 1 is 1.15 bits per heavy atom. The number of aromatic nitrogens is 2.